The third-order valence-electron chi connectivity index (χ3n) is 5.91. The van der Waals surface area contributed by atoms with Crippen molar-refractivity contribution < 1.29 is 37.6 Å². The molecule has 0 fully saturated rings. The number of halogens is 2. The van der Waals surface area contributed by atoms with Gasteiger partial charge in [-0.2, -0.15) is 18.8 Å². The molecule has 0 aliphatic heterocycles. The lowest BCUT2D eigenvalue weighted by atomic mass is 10.2. The summed E-state index contributed by atoms with van der Waals surface area (Å²) in [5.74, 6) is -2.53. The van der Waals surface area contributed by atoms with Gasteiger partial charge >= 0.3 is 11.9 Å². The lowest BCUT2D eigenvalue weighted by molar-refractivity contribution is -0.138. The Balaban J connectivity index is 2.04. The van der Waals surface area contributed by atoms with E-state index in [2.05, 4.69) is 20.6 Å². The monoisotopic (exact) mass is 665 g/mol. The molecule has 0 unspecified atom stereocenters. The lowest BCUT2D eigenvalue weighted by Gasteiger charge is -2.25. The molecule has 44 heavy (non-hydrogen) atoms. The Labute approximate surface area is 261 Å². The summed E-state index contributed by atoms with van der Waals surface area (Å²) in [5.41, 5.74) is 0.810. The van der Waals surface area contributed by atoms with Crippen LogP contribution in [0.4, 0.5) is 22.9 Å². The van der Waals surface area contributed by atoms with Crippen molar-refractivity contribution in [2.45, 2.75) is 37.5 Å². The molecule has 1 amide bonds. The molecule has 0 aliphatic rings. The average Bonchev–Trinajstić information content (AvgIpc) is 3.32. The van der Waals surface area contributed by atoms with Crippen LogP contribution in [0.15, 0.2) is 51.7 Å². The number of benzene rings is 2. The summed E-state index contributed by atoms with van der Waals surface area (Å²) >= 11 is 12.5. The number of anilines is 2. The topological polar surface area (TPSA) is 228 Å². The second kappa shape index (κ2) is 14.8. The maximum absolute atomic E-state index is 12.0. The molecule has 0 spiro atoms. The second-order valence-electron chi connectivity index (χ2n) is 9.18. The van der Waals surface area contributed by atoms with Gasteiger partial charge in [-0.15, -0.1) is 10.2 Å². The summed E-state index contributed by atoms with van der Waals surface area (Å²) in [6, 6.07) is 8.50. The first kappa shape index (κ1) is 33.9. The third-order valence-corrected chi connectivity index (χ3v) is 7.32. The van der Waals surface area contributed by atoms with Crippen LogP contribution in [0.1, 0.15) is 38.2 Å². The average molecular weight is 667 g/mol. The number of azo groups is 1. The van der Waals surface area contributed by atoms with E-state index in [0.29, 0.717) is 18.8 Å². The third kappa shape index (κ3) is 8.97. The van der Waals surface area contributed by atoms with Crippen molar-refractivity contribution in [3.63, 3.8) is 0 Å². The van der Waals surface area contributed by atoms with Crippen molar-refractivity contribution >= 4 is 74.0 Å². The summed E-state index contributed by atoms with van der Waals surface area (Å²) in [6.45, 7) is 1.87. The normalized spacial score (nSPS) is 11.3. The summed E-state index contributed by atoms with van der Waals surface area (Å²) in [5, 5.41) is 42.3. The van der Waals surface area contributed by atoms with Crippen LogP contribution in [0.2, 0.25) is 10.0 Å². The Hall–Kier alpha value is -4.56. The first-order chi connectivity index (χ1) is 20.7. The number of carbonyl (C=O) groups is 3. The molecule has 232 valence electrons. The Morgan fingerprint density at radius 3 is 2.14 bits per heavy atom. The number of aliphatic carboxylic acids is 2. The molecule has 15 nitrogen and oxygen atoms in total. The number of carbonyl (C=O) groups excluding carboxylic acids is 1. The molecule has 0 bridgehead atoms. The molecule has 0 saturated carbocycles. The number of hydrogen-bond donors (Lipinski definition) is 4. The number of aromatic nitrogens is 2. The predicted octanol–water partition coefficient (Wildman–Crippen LogP) is 5.21. The van der Waals surface area contributed by atoms with Gasteiger partial charge in [0.05, 0.1) is 26.8 Å². The van der Waals surface area contributed by atoms with Crippen LogP contribution in [0.5, 0.6) is 0 Å². The zero-order chi connectivity index (χ0) is 32.6. The molecule has 0 aliphatic carbocycles. The molecule has 0 radical (unpaired) electrons. The van der Waals surface area contributed by atoms with Gasteiger partial charge in [0.1, 0.15) is 23.0 Å². The number of nitrogens with one attached hydrogen (secondary N) is 1. The number of carboxylic acids is 2. The van der Waals surface area contributed by atoms with Crippen molar-refractivity contribution in [2.75, 3.05) is 23.3 Å². The van der Waals surface area contributed by atoms with Gasteiger partial charge in [0.15, 0.2) is 5.82 Å². The fourth-order valence-corrected chi connectivity index (χ4v) is 5.30. The molecule has 3 rings (SSSR count). The predicted molar refractivity (Wildman–Crippen MR) is 159 cm³/mol. The Morgan fingerprint density at radius 2 is 1.64 bits per heavy atom. The van der Waals surface area contributed by atoms with Gasteiger partial charge < -0.3 is 20.4 Å². The summed E-state index contributed by atoms with van der Waals surface area (Å²) in [4.78, 5) is 35.3. The van der Waals surface area contributed by atoms with E-state index >= 15 is 0 Å². The van der Waals surface area contributed by atoms with Crippen LogP contribution in [-0.2, 0) is 24.5 Å². The van der Waals surface area contributed by atoms with Crippen molar-refractivity contribution in [1.29, 1.82) is 5.26 Å². The minimum absolute atomic E-state index is 0.0491. The van der Waals surface area contributed by atoms with Gasteiger partial charge in [0, 0.05) is 38.5 Å². The summed E-state index contributed by atoms with van der Waals surface area (Å²) in [7, 11) is -4.63. The van der Waals surface area contributed by atoms with Gasteiger partial charge in [0.2, 0.25) is 5.91 Å². The van der Waals surface area contributed by atoms with Crippen molar-refractivity contribution in [2.24, 2.45) is 10.2 Å². The smallest absolute Gasteiger partial charge is 0.303 e. The highest BCUT2D eigenvalue weighted by Crippen LogP contribution is 2.37. The Kier molecular flexibility index (Phi) is 11.4. The molecule has 1 aromatic heterocycles. The Bertz CT molecular complexity index is 1730. The van der Waals surface area contributed by atoms with Crippen LogP contribution >= 0.6 is 23.2 Å². The molecule has 0 saturated heterocycles. The first-order valence-electron chi connectivity index (χ1n) is 12.7. The van der Waals surface area contributed by atoms with Gasteiger partial charge in [-0.3, -0.25) is 18.9 Å². The second-order valence-corrected chi connectivity index (χ2v) is 11.4. The SMILES string of the molecule is CC(=O)Nc1cc(N(CCCC(=O)O)CCCC(=O)O)ccc1N=Nc1c(C#N)cnn1-c1c(Cl)cc(S(=O)(=O)O)cc1Cl. The van der Waals surface area contributed by atoms with Gasteiger partial charge in [0.25, 0.3) is 10.1 Å². The van der Waals surface area contributed by atoms with E-state index in [1.54, 1.807) is 17.0 Å². The van der Waals surface area contributed by atoms with E-state index in [9.17, 15) is 32.6 Å². The van der Waals surface area contributed by atoms with Gasteiger partial charge in [-0.25, -0.2) is 4.68 Å². The van der Waals surface area contributed by atoms with Crippen LogP contribution in [0.3, 0.4) is 0 Å². The highest BCUT2D eigenvalue weighted by Gasteiger charge is 2.21. The minimum atomic E-state index is -4.63. The number of carboxylic acid groups (broad SMARTS) is 2. The van der Waals surface area contributed by atoms with E-state index in [1.807, 2.05) is 6.07 Å². The molecule has 3 aromatic rings. The zero-order valence-corrected chi connectivity index (χ0v) is 25.3. The summed E-state index contributed by atoms with van der Waals surface area (Å²) < 4.78 is 33.5. The van der Waals surface area contributed by atoms with E-state index in [0.717, 1.165) is 23.0 Å². The van der Waals surface area contributed by atoms with Crippen LogP contribution in [0.25, 0.3) is 5.69 Å². The van der Waals surface area contributed by atoms with Gasteiger partial charge in [-0.05, 0) is 43.2 Å². The van der Waals surface area contributed by atoms with Crippen LogP contribution in [-0.4, -0.2) is 63.9 Å². The van der Waals surface area contributed by atoms with Crippen LogP contribution in [0, 0.1) is 11.3 Å². The molecular formula is C26H25Cl2N7O8S. The largest absolute Gasteiger partial charge is 0.481 e. The first-order valence-corrected chi connectivity index (χ1v) is 14.9. The van der Waals surface area contributed by atoms with E-state index in [-0.39, 0.29) is 64.2 Å². The number of nitriles is 1. The van der Waals surface area contributed by atoms with Crippen molar-refractivity contribution in [3.05, 3.63) is 52.1 Å². The molecule has 4 N–H and O–H groups in total. The maximum atomic E-state index is 12.0. The number of nitrogens with zero attached hydrogens (tertiary/aromatic N) is 6. The van der Waals surface area contributed by atoms with Crippen molar-refractivity contribution in [1.82, 2.24) is 9.78 Å². The van der Waals surface area contributed by atoms with Crippen molar-refractivity contribution in [3.8, 4) is 11.8 Å². The van der Waals surface area contributed by atoms with E-state index in [1.165, 1.54) is 13.0 Å². The fraction of sp³-hybridized carbons (Fsp3) is 0.269. The lowest BCUT2D eigenvalue weighted by Crippen LogP contribution is -2.26. The maximum Gasteiger partial charge on any atom is 0.303 e. The minimum Gasteiger partial charge on any atom is -0.481 e. The standard InChI is InChI=1S/C26H25Cl2N7O8S/c1-15(36)31-22-10-17(34(8-2-4-23(37)38)9-3-5-24(39)40)6-7-21(22)32-33-26-16(13-29)14-30-35(26)25-19(27)11-18(12-20(25)28)44(41,42)43/h6-7,10-12,14H,2-5,8-9H2,1H3,(H,31,36)(H,37,38)(H,39,40)(H,41,42,43). The van der Waals surface area contributed by atoms with E-state index in [4.69, 9.17) is 33.4 Å². The quantitative estimate of drug-likeness (QED) is 0.129. The molecule has 1 heterocycles. The molecule has 18 heteroatoms. The highest BCUT2D eigenvalue weighted by molar-refractivity contribution is 7.85. The zero-order valence-electron chi connectivity index (χ0n) is 22.9. The highest BCUT2D eigenvalue weighted by atomic mass is 35.5. The number of amides is 1. The molecule has 0 atom stereocenters. The van der Waals surface area contributed by atoms with E-state index < -0.39 is 32.9 Å². The number of hydrogen-bond acceptors (Lipinski definition) is 10. The van der Waals surface area contributed by atoms with Gasteiger partial charge in [-0.1, -0.05) is 23.2 Å². The fourth-order valence-electron chi connectivity index (χ4n) is 3.99. The summed E-state index contributed by atoms with van der Waals surface area (Å²) in [6.07, 6.45) is 1.54. The molecule has 2 aromatic carbocycles. The van der Waals surface area contributed by atoms with Crippen LogP contribution < -0.4 is 10.2 Å². The molecular weight excluding hydrogens is 641 g/mol. The Morgan fingerprint density at radius 1 is 1.05 bits per heavy atom. The number of rotatable bonds is 14.